The minimum absolute atomic E-state index is 0.0413. The number of carbonyl (C=O) groups is 1. The zero-order valence-corrected chi connectivity index (χ0v) is 12.1. The van der Waals surface area contributed by atoms with Crippen molar-refractivity contribution in [3.8, 4) is 11.3 Å². The van der Waals surface area contributed by atoms with Gasteiger partial charge in [-0.05, 0) is 12.5 Å². The Morgan fingerprint density at radius 1 is 1.35 bits per heavy atom. The third-order valence-corrected chi connectivity index (χ3v) is 4.57. The van der Waals surface area contributed by atoms with Gasteiger partial charge in [0.15, 0.2) is 10.7 Å². The lowest BCUT2D eigenvalue weighted by Crippen LogP contribution is -1.92. The van der Waals surface area contributed by atoms with Crippen LogP contribution in [-0.4, -0.2) is 20.3 Å². The number of hydrogen-bond acceptors (Lipinski definition) is 4. The molecule has 3 aromatic rings. The maximum atomic E-state index is 11.5. The molecule has 1 N–H and O–H groups in total. The summed E-state index contributed by atoms with van der Waals surface area (Å²) in [6, 6.07) is 7.66. The smallest absolute Gasteiger partial charge is 0.195 e. The molecular weight excluding hydrogens is 272 g/mol. The van der Waals surface area contributed by atoms with Crippen LogP contribution in [0.3, 0.4) is 0 Å². The van der Waals surface area contributed by atoms with E-state index in [0.29, 0.717) is 0 Å². The first-order chi connectivity index (χ1) is 9.60. The van der Waals surface area contributed by atoms with Crippen molar-refractivity contribution in [1.82, 2.24) is 9.38 Å². The number of aromatic nitrogens is 2. The first-order valence-electron chi connectivity index (χ1n) is 6.29. The van der Waals surface area contributed by atoms with Gasteiger partial charge in [0.2, 0.25) is 0 Å². The van der Waals surface area contributed by atoms with E-state index in [0.717, 1.165) is 32.4 Å². The molecule has 0 aliphatic heterocycles. The summed E-state index contributed by atoms with van der Waals surface area (Å²) in [6.45, 7) is 3.55. The van der Waals surface area contributed by atoms with Crippen LogP contribution < -0.4 is 0 Å². The molecule has 0 fully saturated rings. The second kappa shape index (κ2) is 4.85. The number of thiazole rings is 1. The van der Waals surface area contributed by atoms with E-state index in [1.807, 2.05) is 41.8 Å². The number of aliphatic hydroxyl groups excluding tert-OH is 1. The Balaban J connectivity index is 2.06. The van der Waals surface area contributed by atoms with Gasteiger partial charge < -0.3 is 5.11 Å². The third kappa shape index (κ3) is 2.05. The molecule has 102 valence electrons. The molecule has 3 rings (SSSR count). The summed E-state index contributed by atoms with van der Waals surface area (Å²) in [7, 11) is 0. The molecule has 2 aromatic heterocycles. The Hall–Kier alpha value is -1.98. The topological polar surface area (TPSA) is 54.6 Å². The van der Waals surface area contributed by atoms with Gasteiger partial charge in [-0.15, -0.1) is 0 Å². The molecule has 0 amide bonds. The molecule has 0 saturated carbocycles. The number of imidazole rings is 1. The van der Waals surface area contributed by atoms with Gasteiger partial charge in [0.1, 0.15) is 0 Å². The zero-order valence-electron chi connectivity index (χ0n) is 11.3. The zero-order chi connectivity index (χ0) is 14.3. The average Bonchev–Trinajstić information content (AvgIpc) is 2.99. The lowest BCUT2D eigenvalue weighted by Gasteiger charge is -1.99. The van der Waals surface area contributed by atoms with Crippen molar-refractivity contribution >= 4 is 22.1 Å². The van der Waals surface area contributed by atoms with E-state index < -0.39 is 0 Å². The fraction of sp³-hybridized carbons (Fsp3) is 0.200. The minimum atomic E-state index is 0.0413. The number of rotatable bonds is 3. The Kier molecular flexibility index (Phi) is 3.16. The van der Waals surface area contributed by atoms with E-state index in [4.69, 9.17) is 5.11 Å². The van der Waals surface area contributed by atoms with Crippen molar-refractivity contribution < 1.29 is 9.90 Å². The van der Waals surface area contributed by atoms with Gasteiger partial charge in [-0.2, -0.15) is 0 Å². The van der Waals surface area contributed by atoms with Crippen LogP contribution in [0.15, 0.2) is 30.5 Å². The molecule has 5 heteroatoms. The third-order valence-electron chi connectivity index (χ3n) is 3.31. The Morgan fingerprint density at radius 2 is 2.05 bits per heavy atom. The van der Waals surface area contributed by atoms with E-state index in [1.165, 1.54) is 11.3 Å². The van der Waals surface area contributed by atoms with Gasteiger partial charge in [0, 0.05) is 24.4 Å². The summed E-state index contributed by atoms with van der Waals surface area (Å²) in [5.74, 6) is 0.0758. The van der Waals surface area contributed by atoms with Crippen molar-refractivity contribution in [2.75, 3.05) is 0 Å². The van der Waals surface area contributed by atoms with Crippen LogP contribution in [0.4, 0.5) is 0 Å². The van der Waals surface area contributed by atoms with Crippen molar-refractivity contribution in [2.45, 2.75) is 20.5 Å². The van der Waals surface area contributed by atoms with Crippen LogP contribution >= 0.6 is 11.3 Å². The monoisotopic (exact) mass is 286 g/mol. The summed E-state index contributed by atoms with van der Waals surface area (Å²) in [5, 5.41) is 9.05. The van der Waals surface area contributed by atoms with E-state index in [-0.39, 0.29) is 12.4 Å². The summed E-state index contributed by atoms with van der Waals surface area (Å²) in [4.78, 5) is 17.7. The van der Waals surface area contributed by atoms with E-state index >= 15 is 0 Å². The highest BCUT2D eigenvalue weighted by Gasteiger charge is 2.15. The molecule has 0 aliphatic carbocycles. The molecule has 2 heterocycles. The quantitative estimate of drug-likeness (QED) is 0.753. The number of hydrogen-bond donors (Lipinski definition) is 1. The van der Waals surface area contributed by atoms with Gasteiger partial charge in [-0.25, -0.2) is 4.98 Å². The standard InChI is InChI=1S/C15H14N2O2S/c1-9-14(10(2)19)20-15-16-13(7-17(9)15)12-5-3-11(8-18)4-6-12/h3-7,18H,8H2,1-2H3. The average molecular weight is 286 g/mol. The van der Waals surface area contributed by atoms with Crippen molar-refractivity contribution in [2.24, 2.45) is 0 Å². The molecule has 0 bridgehead atoms. The number of aliphatic hydroxyl groups is 1. The van der Waals surface area contributed by atoms with Gasteiger partial charge in [0.05, 0.1) is 17.2 Å². The van der Waals surface area contributed by atoms with Crippen molar-refractivity contribution in [3.63, 3.8) is 0 Å². The molecule has 0 atom stereocenters. The lowest BCUT2D eigenvalue weighted by atomic mass is 10.1. The second-order valence-electron chi connectivity index (χ2n) is 4.71. The molecule has 0 saturated heterocycles. The number of ketones is 1. The minimum Gasteiger partial charge on any atom is -0.392 e. The van der Waals surface area contributed by atoms with Crippen LogP contribution in [0.2, 0.25) is 0 Å². The van der Waals surface area contributed by atoms with E-state index in [2.05, 4.69) is 4.98 Å². The highest BCUT2D eigenvalue weighted by atomic mass is 32.1. The summed E-state index contributed by atoms with van der Waals surface area (Å²) < 4.78 is 1.96. The van der Waals surface area contributed by atoms with Crippen LogP contribution in [0.5, 0.6) is 0 Å². The van der Waals surface area contributed by atoms with Crippen LogP contribution in [-0.2, 0) is 6.61 Å². The molecule has 0 unspecified atom stereocenters. The molecule has 0 radical (unpaired) electrons. The molecule has 4 nitrogen and oxygen atoms in total. The van der Waals surface area contributed by atoms with Gasteiger partial charge in [-0.3, -0.25) is 9.20 Å². The molecule has 1 aromatic carbocycles. The second-order valence-corrected chi connectivity index (χ2v) is 5.68. The molecule has 0 aliphatic rings. The first-order valence-corrected chi connectivity index (χ1v) is 7.11. The van der Waals surface area contributed by atoms with Gasteiger partial charge in [-0.1, -0.05) is 35.6 Å². The number of Topliss-reactive ketones (excluding diaryl/α,β-unsaturated/α-hetero) is 1. The molecule has 0 spiro atoms. The predicted molar refractivity (Wildman–Crippen MR) is 79.2 cm³/mol. The largest absolute Gasteiger partial charge is 0.392 e. The number of nitrogens with zero attached hydrogens (tertiary/aromatic N) is 2. The van der Waals surface area contributed by atoms with Crippen LogP contribution in [0.25, 0.3) is 16.2 Å². The van der Waals surface area contributed by atoms with Gasteiger partial charge >= 0.3 is 0 Å². The molecule has 20 heavy (non-hydrogen) atoms. The van der Waals surface area contributed by atoms with Crippen LogP contribution in [0.1, 0.15) is 27.9 Å². The number of aryl methyl sites for hydroxylation is 1. The Labute approximate surface area is 120 Å². The molecular formula is C15H14N2O2S. The maximum Gasteiger partial charge on any atom is 0.195 e. The summed E-state index contributed by atoms with van der Waals surface area (Å²) >= 11 is 1.42. The highest BCUT2D eigenvalue weighted by molar-refractivity contribution is 7.19. The SMILES string of the molecule is CC(=O)c1sc2nc(-c3ccc(CO)cc3)cn2c1C. The lowest BCUT2D eigenvalue weighted by molar-refractivity contribution is 0.102. The van der Waals surface area contributed by atoms with Gasteiger partial charge in [0.25, 0.3) is 0 Å². The summed E-state index contributed by atoms with van der Waals surface area (Å²) in [6.07, 6.45) is 1.95. The fourth-order valence-corrected chi connectivity index (χ4v) is 3.20. The Morgan fingerprint density at radius 3 is 2.60 bits per heavy atom. The van der Waals surface area contributed by atoms with Crippen molar-refractivity contribution in [1.29, 1.82) is 0 Å². The number of fused-ring (bicyclic) bond motifs is 1. The van der Waals surface area contributed by atoms with Crippen LogP contribution in [0, 0.1) is 6.92 Å². The maximum absolute atomic E-state index is 11.5. The number of carbonyl (C=O) groups excluding carboxylic acids is 1. The normalized spacial score (nSPS) is 11.2. The van der Waals surface area contributed by atoms with E-state index in [1.54, 1.807) is 6.92 Å². The highest BCUT2D eigenvalue weighted by Crippen LogP contribution is 2.27. The first kappa shape index (κ1) is 13.0. The fourth-order valence-electron chi connectivity index (χ4n) is 2.20. The van der Waals surface area contributed by atoms with Crippen molar-refractivity contribution in [3.05, 3.63) is 46.6 Å². The van der Waals surface area contributed by atoms with E-state index in [9.17, 15) is 4.79 Å². The predicted octanol–water partition coefficient (Wildman–Crippen LogP) is 3.07. The Bertz CT molecular complexity index is 784. The number of benzene rings is 1. The summed E-state index contributed by atoms with van der Waals surface area (Å²) in [5.41, 5.74) is 3.69.